The Morgan fingerprint density at radius 2 is 1.69 bits per heavy atom. The molecule has 0 saturated carbocycles. The molecule has 2 aliphatic heterocycles. The fourth-order valence-electron chi connectivity index (χ4n) is 6.70. The molecule has 0 unspecified atom stereocenters. The minimum absolute atomic E-state index is 0.0422. The van der Waals surface area contributed by atoms with Crippen molar-refractivity contribution in [3.05, 3.63) is 76.0 Å². The number of pyridine rings is 1. The molecule has 1 saturated heterocycles. The number of ether oxygens (including phenoxy) is 2. The fraction of sp³-hybridized carbons (Fsp3) is 0.514. The van der Waals surface area contributed by atoms with Gasteiger partial charge in [0.2, 0.25) is 5.88 Å². The maximum atomic E-state index is 13.8. The van der Waals surface area contributed by atoms with Crippen molar-refractivity contribution in [3.63, 3.8) is 0 Å². The Kier molecular flexibility index (Phi) is 10.5. The van der Waals surface area contributed by atoms with Crippen LogP contribution in [-0.4, -0.2) is 68.0 Å². The topological polar surface area (TPSA) is 144 Å². The molecule has 3 aromatic rings. The van der Waals surface area contributed by atoms with Crippen LogP contribution in [0.5, 0.6) is 5.88 Å². The predicted molar refractivity (Wildman–Crippen MR) is 176 cm³/mol. The number of fused-ring (bicyclic) bond motifs is 1. The van der Waals surface area contributed by atoms with E-state index in [0.29, 0.717) is 37.1 Å². The molecule has 3 N–H and O–H groups in total. The molecular weight excluding hydrogens is 698 g/mol. The van der Waals surface area contributed by atoms with Crippen molar-refractivity contribution in [1.29, 1.82) is 0 Å². The van der Waals surface area contributed by atoms with E-state index in [1.165, 1.54) is 25.4 Å². The van der Waals surface area contributed by atoms with Crippen molar-refractivity contribution < 1.29 is 50.5 Å². The smallest absolute Gasteiger partial charge is 0.416 e. The van der Waals surface area contributed by atoms with Crippen LogP contribution in [0.2, 0.25) is 0 Å². The number of carboxylic acid groups (broad SMARTS) is 1. The lowest BCUT2D eigenvalue weighted by Crippen LogP contribution is -2.61. The van der Waals surface area contributed by atoms with Gasteiger partial charge in [-0.05, 0) is 82.8 Å². The average Bonchev–Trinajstić information content (AvgIpc) is 3.51. The maximum absolute atomic E-state index is 13.8. The molecule has 2 aliphatic rings. The molecule has 11 nitrogen and oxygen atoms in total. The quantitative estimate of drug-likeness (QED) is 0.185. The number of esters is 1. The number of halogens is 6. The molecule has 1 aromatic carbocycles. The highest BCUT2D eigenvalue weighted by molar-refractivity contribution is 5.89. The number of aromatic nitrogens is 3. The van der Waals surface area contributed by atoms with E-state index in [-0.39, 0.29) is 59.8 Å². The van der Waals surface area contributed by atoms with Crippen molar-refractivity contribution in [3.8, 4) is 5.88 Å². The van der Waals surface area contributed by atoms with E-state index in [0.717, 1.165) is 4.90 Å². The number of alkyl halides is 6. The fourth-order valence-corrected chi connectivity index (χ4v) is 6.70. The number of hydrogen-bond acceptors (Lipinski definition) is 9. The lowest BCUT2D eigenvalue weighted by Gasteiger charge is -2.45. The van der Waals surface area contributed by atoms with Gasteiger partial charge in [0.15, 0.2) is 0 Å². The van der Waals surface area contributed by atoms with Gasteiger partial charge in [-0.2, -0.15) is 26.3 Å². The van der Waals surface area contributed by atoms with Crippen LogP contribution in [0.4, 0.5) is 36.8 Å². The average molecular weight is 739 g/mol. The van der Waals surface area contributed by atoms with E-state index in [1.807, 2.05) is 4.90 Å². The van der Waals surface area contributed by atoms with E-state index < -0.39 is 65.2 Å². The first-order valence-electron chi connectivity index (χ1n) is 16.6. The number of nitrogens with two attached hydrogens (primary N) is 1. The number of carbonyl (C=O) groups excluding carboxylic acids is 1. The summed E-state index contributed by atoms with van der Waals surface area (Å²) in [6.45, 7) is 7.41. The summed E-state index contributed by atoms with van der Waals surface area (Å²) in [5, 5.41) is 10.2. The highest BCUT2D eigenvalue weighted by Gasteiger charge is 2.47. The van der Waals surface area contributed by atoms with Gasteiger partial charge in [0.05, 0.1) is 41.2 Å². The molecule has 0 bridgehead atoms. The monoisotopic (exact) mass is 738 g/mol. The largest absolute Gasteiger partial charge is 0.481 e. The molecule has 1 amide bonds. The Morgan fingerprint density at radius 3 is 2.25 bits per heavy atom. The van der Waals surface area contributed by atoms with E-state index in [9.17, 15) is 41.0 Å². The first kappa shape index (κ1) is 38.7. The van der Waals surface area contributed by atoms with Crippen LogP contribution in [0.3, 0.4) is 0 Å². The van der Waals surface area contributed by atoms with Crippen molar-refractivity contribution >= 4 is 17.7 Å². The van der Waals surface area contributed by atoms with Gasteiger partial charge in [0, 0.05) is 30.8 Å². The highest BCUT2D eigenvalue weighted by atomic mass is 19.4. The number of nitrogens with zero attached hydrogens (tertiary/aromatic N) is 5. The molecule has 4 heterocycles. The van der Waals surface area contributed by atoms with Gasteiger partial charge in [-0.25, -0.2) is 19.7 Å². The van der Waals surface area contributed by atoms with Crippen LogP contribution in [0, 0.1) is 0 Å². The Balaban J connectivity index is 1.65. The summed E-state index contributed by atoms with van der Waals surface area (Å²) in [6, 6.07) is 3.65. The first-order valence-corrected chi connectivity index (χ1v) is 16.6. The zero-order valence-electron chi connectivity index (χ0n) is 29.2. The summed E-state index contributed by atoms with van der Waals surface area (Å²) in [7, 11) is 1.37. The van der Waals surface area contributed by atoms with Crippen molar-refractivity contribution in [2.45, 2.75) is 102 Å². The lowest BCUT2D eigenvalue weighted by atomic mass is 9.83. The van der Waals surface area contributed by atoms with E-state index >= 15 is 0 Å². The Bertz CT molecular complexity index is 1800. The van der Waals surface area contributed by atoms with Crippen LogP contribution < -0.4 is 15.4 Å². The van der Waals surface area contributed by atoms with Gasteiger partial charge < -0.3 is 20.3 Å². The SMILES string of the molecule is CC[C@]1(N)C[C@H](c2ncc(CN3CCC[C@H]3C(=O)OC(C)(C)C)c(Cc3cc(C(F)(F)F)cc(C(F)(F)F)c3)n2)c2nc(OC)ccc2N1C(=O)O. The number of rotatable bonds is 8. The highest BCUT2D eigenvalue weighted by Crippen LogP contribution is 2.45. The number of amides is 1. The predicted octanol–water partition coefficient (Wildman–Crippen LogP) is 6.90. The second-order valence-electron chi connectivity index (χ2n) is 14.0. The third-order valence-corrected chi connectivity index (χ3v) is 9.18. The number of methoxy groups -OCH3 is 1. The van der Waals surface area contributed by atoms with Gasteiger partial charge in [0.1, 0.15) is 23.1 Å². The van der Waals surface area contributed by atoms with Crippen LogP contribution in [0.1, 0.15) is 98.8 Å². The molecule has 3 atom stereocenters. The van der Waals surface area contributed by atoms with Crippen molar-refractivity contribution in [2.24, 2.45) is 5.73 Å². The molecule has 282 valence electrons. The van der Waals surface area contributed by atoms with Gasteiger partial charge in [-0.3, -0.25) is 14.6 Å². The number of anilines is 1. The summed E-state index contributed by atoms with van der Waals surface area (Å²) in [5.74, 6) is -1.09. The zero-order valence-corrected chi connectivity index (χ0v) is 29.2. The van der Waals surface area contributed by atoms with Gasteiger partial charge >= 0.3 is 24.4 Å². The lowest BCUT2D eigenvalue weighted by molar-refractivity contribution is -0.160. The molecule has 2 aromatic heterocycles. The standard InChI is InChI=1S/C35H40F6N6O5/c1-6-33(42)16-23(28-25(47(33)31(49)50)9-10-27(45-28)51-5)29-43-17-20(18-46-11-7-8-26(46)30(48)52-32(2,3)4)24(44-29)14-19-12-21(34(36,37)38)15-22(13-19)35(39,40)41/h9-10,12-13,15,17,23,26H,6-8,11,14,16,18,42H2,1-5H3,(H,49,50)/t23-,26-,33+/m0/s1. The normalized spacial score (nSPS) is 21.2. The second-order valence-corrected chi connectivity index (χ2v) is 14.0. The van der Waals surface area contributed by atoms with Crippen LogP contribution >= 0.6 is 0 Å². The Morgan fingerprint density at radius 1 is 1.04 bits per heavy atom. The van der Waals surface area contributed by atoms with E-state index in [1.54, 1.807) is 27.7 Å². The Hall–Kier alpha value is -4.51. The van der Waals surface area contributed by atoms with Crippen LogP contribution in [0.25, 0.3) is 0 Å². The van der Waals surface area contributed by atoms with E-state index in [2.05, 4.69) is 9.97 Å². The maximum Gasteiger partial charge on any atom is 0.416 e. The van der Waals surface area contributed by atoms with E-state index in [4.69, 9.17) is 20.2 Å². The third kappa shape index (κ3) is 8.25. The van der Waals surface area contributed by atoms with Gasteiger partial charge in [-0.15, -0.1) is 0 Å². The Labute approximate surface area is 296 Å². The number of carbonyl (C=O) groups is 2. The summed E-state index contributed by atoms with van der Waals surface area (Å²) < 4.78 is 94.0. The molecule has 1 fully saturated rings. The van der Waals surface area contributed by atoms with Gasteiger partial charge in [0.25, 0.3) is 0 Å². The minimum Gasteiger partial charge on any atom is -0.481 e. The van der Waals surface area contributed by atoms with Crippen LogP contribution in [0.15, 0.2) is 36.5 Å². The first-order chi connectivity index (χ1) is 24.1. The molecular formula is C35H40F6N6O5. The number of likely N-dealkylation sites (tertiary alicyclic amines) is 1. The summed E-state index contributed by atoms with van der Waals surface area (Å²) >= 11 is 0. The third-order valence-electron chi connectivity index (χ3n) is 9.18. The summed E-state index contributed by atoms with van der Waals surface area (Å²) in [6.07, 6.45) is -9.27. The second kappa shape index (κ2) is 14.1. The molecule has 52 heavy (non-hydrogen) atoms. The van der Waals surface area contributed by atoms with Crippen LogP contribution in [-0.2, 0) is 34.8 Å². The zero-order chi connectivity index (χ0) is 38.4. The minimum atomic E-state index is -5.07. The molecule has 0 aliphatic carbocycles. The molecule has 0 radical (unpaired) electrons. The van der Waals surface area contributed by atoms with Gasteiger partial charge in [-0.1, -0.05) is 6.92 Å². The molecule has 5 rings (SSSR count). The number of benzene rings is 1. The summed E-state index contributed by atoms with van der Waals surface area (Å²) in [4.78, 5) is 42.3. The van der Waals surface area contributed by atoms with Crippen molar-refractivity contribution in [2.75, 3.05) is 18.6 Å². The van der Waals surface area contributed by atoms with Crippen molar-refractivity contribution in [1.82, 2.24) is 19.9 Å². The summed E-state index contributed by atoms with van der Waals surface area (Å²) in [5.41, 5.74) is 2.04. The molecule has 17 heteroatoms. The molecule has 0 spiro atoms. The number of hydrogen-bond donors (Lipinski definition) is 2.